The minimum atomic E-state index is -0.428. The van der Waals surface area contributed by atoms with Gasteiger partial charge in [-0.2, -0.15) is 0 Å². The summed E-state index contributed by atoms with van der Waals surface area (Å²) in [7, 11) is 1.81. The van der Waals surface area contributed by atoms with E-state index in [1.165, 1.54) is 16.3 Å². The number of fused-ring (bicyclic) bond motifs is 2. The van der Waals surface area contributed by atoms with Crippen molar-refractivity contribution < 1.29 is 14.7 Å². The van der Waals surface area contributed by atoms with Crippen LogP contribution in [0, 0.1) is 19.8 Å². The third kappa shape index (κ3) is 5.77. The number of nitrogens with zero attached hydrogens (tertiary/aromatic N) is 1. The van der Waals surface area contributed by atoms with Crippen molar-refractivity contribution in [3.8, 4) is 5.75 Å². The molecule has 2 aliphatic rings. The van der Waals surface area contributed by atoms with Crippen molar-refractivity contribution in [1.82, 2.24) is 10.6 Å². The minimum absolute atomic E-state index is 0.0674. The lowest BCUT2D eigenvalue weighted by Gasteiger charge is -2.36. The van der Waals surface area contributed by atoms with Gasteiger partial charge in [0, 0.05) is 18.2 Å². The van der Waals surface area contributed by atoms with Gasteiger partial charge in [0.05, 0.1) is 12.1 Å². The summed E-state index contributed by atoms with van der Waals surface area (Å²) in [6, 6.07) is 24.2. The SMILES string of the molecule is CN[C@@H](Cc1c(C)cc(O)cc1C)C(=O)N[C@@H]1CCN(C(=O)C2CC2)c2ccc(Cc3ccc4ccccc4c3)cc21. The van der Waals surface area contributed by atoms with Crippen LogP contribution in [0.25, 0.3) is 10.8 Å². The molecule has 1 aliphatic carbocycles. The molecule has 4 aromatic carbocycles. The van der Waals surface area contributed by atoms with E-state index >= 15 is 0 Å². The van der Waals surface area contributed by atoms with Crippen molar-refractivity contribution in [2.24, 2.45) is 5.92 Å². The molecule has 1 aliphatic heterocycles. The Labute approximate surface area is 247 Å². The molecular weight excluding hydrogens is 522 g/mol. The fraction of sp³-hybridized carbons (Fsp3) is 0.333. The molecule has 0 saturated heterocycles. The van der Waals surface area contributed by atoms with Gasteiger partial charge in [-0.1, -0.05) is 54.6 Å². The van der Waals surface area contributed by atoms with Gasteiger partial charge >= 0.3 is 0 Å². The zero-order valence-electron chi connectivity index (χ0n) is 24.6. The minimum Gasteiger partial charge on any atom is -0.508 e. The van der Waals surface area contributed by atoms with Gasteiger partial charge in [-0.25, -0.2) is 0 Å². The predicted octanol–water partition coefficient (Wildman–Crippen LogP) is 5.89. The van der Waals surface area contributed by atoms with E-state index < -0.39 is 6.04 Å². The Bertz CT molecular complexity index is 1640. The number of likely N-dealkylation sites (N-methyl/N-ethyl adjacent to an activating group) is 1. The smallest absolute Gasteiger partial charge is 0.237 e. The highest BCUT2D eigenvalue weighted by atomic mass is 16.3. The van der Waals surface area contributed by atoms with Crippen LogP contribution in [0.2, 0.25) is 0 Å². The van der Waals surface area contributed by atoms with Crippen LogP contribution >= 0.6 is 0 Å². The largest absolute Gasteiger partial charge is 0.508 e. The lowest BCUT2D eigenvalue weighted by molar-refractivity contribution is -0.123. The summed E-state index contributed by atoms with van der Waals surface area (Å²) in [5.41, 5.74) is 7.30. The highest BCUT2D eigenvalue weighted by Crippen LogP contribution is 2.39. The summed E-state index contributed by atoms with van der Waals surface area (Å²) in [4.78, 5) is 28.8. The van der Waals surface area contributed by atoms with Crippen LogP contribution < -0.4 is 15.5 Å². The Morgan fingerprint density at radius 2 is 1.60 bits per heavy atom. The molecule has 0 radical (unpaired) electrons. The number of phenols is 1. The molecule has 1 saturated carbocycles. The molecule has 42 heavy (non-hydrogen) atoms. The summed E-state index contributed by atoms with van der Waals surface area (Å²) in [6.07, 6.45) is 3.89. The van der Waals surface area contributed by atoms with Gasteiger partial charge in [0.25, 0.3) is 0 Å². The van der Waals surface area contributed by atoms with Gasteiger partial charge < -0.3 is 20.6 Å². The average Bonchev–Trinajstić information content (AvgIpc) is 3.82. The van der Waals surface area contributed by atoms with E-state index in [1.807, 2.05) is 25.8 Å². The quantitative estimate of drug-likeness (QED) is 0.251. The maximum Gasteiger partial charge on any atom is 0.237 e. The van der Waals surface area contributed by atoms with Crippen LogP contribution in [0.15, 0.2) is 72.8 Å². The maximum atomic E-state index is 13.7. The van der Waals surface area contributed by atoms with Crippen LogP contribution in [0.5, 0.6) is 5.75 Å². The number of nitrogens with one attached hydrogen (secondary N) is 2. The summed E-state index contributed by atoms with van der Waals surface area (Å²) >= 11 is 0. The van der Waals surface area contributed by atoms with Crippen molar-refractivity contribution in [1.29, 1.82) is 0 Å². The van der Waals surface area contributed by atoms with Gasteiger partial charge in [-0.05, 0) is 115 Å². The fourth-order valence-electron chi connectivity index (χ4n) is 6.38. The van der Waals surface area contributed by atoms with Crippen molar-refractivity contribution in [3.05, 3.63) is 106 Å². The van der Waals surface area contributed by atoms with Crippen LogP contribution in [0.3, 0.4) is 0 Å². The molecule has 1 fully saturated rings. The van der Waals surface area contributed by atoms with E-state index in [2.05, 4.69) is 71.3 Å². The Hall–Kier alpha value is -4.16. The third-order valence-corrected chi connectivity index (χ3v) is 8.88. The molecule has 0 aromatic heterocycles. The van der Waals surface area contributed by atoms with Crippen molar-refractivity contribution in [3.63, 3.8) is 0 Å². The highest BCUT2D eigenvalue weighted by Gasteiger charge is 2.38. The summed E-state index contributed by atoms with van der Waals surface area (Å²) in [5, 5.41) is 18.9. The summed E-state index contributed by atoms with van der Waals surface area (Å²) in [6.45, 7) is 4.52. The number of hydrogen-bond acceptors (Lipinski definition) is 4. The van der Waals surface area contributed by atoms with E-state index in [1.54, 1.807) is 12.1 Å². The Morgan fingerprint density at radius 1 is 0.905 bits per heavy atom. The highest BCUT2D eigenvalue weighted by molar-refractivity contribution is 5.98. The monoisotopic (exact) mass is 561 g/mol. The first-order valence-electron chi connectivity index (χ1n) is 15.0. The zero-order valence-corrected chi connectivity index (χ0v) is 24.6. The Morgan fingerprint density at radius 3 is 2.31 bits per heavy atom. The van der Waals surface area contributed by atoms with Crippen LogP contribution in [0.1, 0.15) is 58.7 Å². The van der Waals surface area contributed by atoms with Gasteiger partial charge in [0.2, 0.25) is 11.8 Å². The lowest BCUT2D eigenvalue weighted by atomic mass is 9.91. The number of anilines is 1. The van der Waals surface area contributed by atoms with Crippen LogP contribution in [-0.2, 0) is 22.4 Å². The van der Waals surface area contributed by atoms with E-state index in [0.29, 0.717) is 19.4 Å². The molecule has 6 nitrogen and oxygen atoms in total. The van der Waals surface area contributed by atoms with Gasteiger partial charge in [-0.15, -0.1) is 0 Å². The number of amides is 2. The van der Waals surface area contributed by atoms with Gasteiger partial charge in [0.1, 0.15) is 5.75 Å². The Kier molecular flexibility index (Phi) is 7.74. The number of carbonyl (C=O) groups excluding carboxylic acids is 2. The van der Waals surface area contributed by atoms with Gasteiger partial charge in [0.15, 0.2) is 0 Å². The number of benzene rings is 4. The molecule has 2 amide bonds. The normalized spacial score (nSPS) is 17.1. The first-order chi connectivity index (χ1) is 20.3. The fourth-order valence-corrected chi connectivity index (χ4v) is 6.38. The third-order valence-electron chi connectivity index (χ3n) is 8.88. The number of aryl methyl sites for hydroxylation is 2. The molecule has 2 atom stereocenters. The second-order valence-corrected chi connectivity index (χ2v) is 12.0. The number of aromatic hydroxyl groups is 1. The van der Waals surface area contributed by atoms with Crippen molar-refractivity contribution in [2.75, 3.05) is 18.5 Å². The molecule has 0 spiro atoms. The second-order valence-electron chi connectivity index (χ2n) is 12.0. The Balaban J connectivity index is 1.27. The van der Waals surface area contributed by atoms with E-state index in [9.17, 15) is 14.7 Å². The second kappa shape index (κ2) is 11.6. The number of rotatable bonds is 8. The number of hydrogen-bond donors (Lipinski definition) is 3. The molecule has 6 heteroatoms. The molecule has 216 valence electrons. The number of carbonyl (C=O) groups is 2. The average molecular weight is 562 g/mol. The lowest BCUT2D eigenvalue weighted by Crippen LogP contribution is -2.48. The van der Waals surface area contributed by atoms with Crippen LogP contribution in [-0.4, -0.2) is 36.6 Å². The first kappa shape index (κ1) is 28.0. The van der Waals surface area contributed by atoms with E-state index in [4.69, 9.17) is 0 Å². The summed E-state index contributed by atoms with van der Waals surface area (Å²) < 4.78 is 0. The van der Waals surface area contributed by atoms with Crippen LogP contribution in [0.4, 0.5) is 5.69 Å². The summed E-state index contributed by atoms with van der Waals surface area (Å²) in [5.74, 6) is 0.506. The zero-order chi connectivity index (χ0) is 29.4. The molecular formula is C36H39N3O3. The number of phenolic OH excluding ortho intramolecular Hbond substituents is 1. The molecule has 3 N–H and O–H groups in total. The molecule has 4 aromatic rings. The van der Waals surface area contributed by atoms with Crippen molar-refractivity contribution >= 4 is 28.3 Å². The molecule has 0 bridgehead atoms. The van der Waals surface area contributed by atoms with Crippen molar-refractivity contribution in [2.45, 2.75) is 58.0 Å². The maximum absolute atomic E-state index is 13.7. The predicted molar refractivity (Wildman–Crippen MR) is 168 cm³/mol. The topological polar surface area (TPSA) is 81.7 Å². The standard InChI is InChI=1S/C36H39N3O3/c1-22-16-29(40)17-23(2)30(22)21-33(37-3)35(41)38-32-14-15-39(36(42)27-11-12-27)34-13-9-25(20-31(32)34)18-24-8-10-26-6-4-5-7-28(26)19-24/h4-10,13,16-17,19-20,27,32-33,37,40H,11-12,14-15,18,21H2,1-3H3,(H,38,41)/t32-,33+/m1/s1. The van der Waals surface area contributed by atoms with Gasteiger partial charge in [-0.3, -0.25) is 9.59 Å². The molecule has 0 unspecified atom stereocenters. The first-order valence-corrected chi connectivity index (χ1v) is 15.0. The van der Waals surface area contributed by atoms with E-state index in [-0.39, 0.29) is 29.5 Å². The molecule has 1 heterocycles. The molecule has 6 rings (SSSR count). The van der Waals surface area contributed by atoms with E-state index in [0.717, 1.165) is 52.8 Å².